The van der Waals surface area contributed by atoms with Crippen molar-refractivity contribution in [2.24, 2.45) is 0 Å². The largest absolute Gasteiger partial charge is 0.360 e. The lowest BCUT2D eigenvalue weighted by Gasteiger charge is -2.46. The van der Waals surface area contributed by atoms with Gasteiger partial charge in [-0.2, -0.15) is 0 Å². The number of carbonyl (C=O) groups is 2. The summed E-state index contributed by atoms with van der Waals surface area (Å²) in [5, 5.41) is 6.52. The molecule has 2 heterocycles. The number of hydrogen-bond acceptors (Lipinski definition) is 5. The van der Waals surface area contributed by atoms with Crippen molar-refractivity contribution in [2.75, 3.05) is 38.0 Å². The van der Waals surface area contributed by atoms with E-state index in [0.29, 0.717) is 37.8 Å². The summed E-state index contributed by atoms with van der Waals surface area (Å²) >= 11 is 0. The third kappa shape index (κ3) is 3.67. The standard InChI is InChI=1S/C21H26N4O3/c1-16-14-18(23-28-16)22-19(26)15-24-10-12-25(13-11-24)20(27)21(8-5-9-21)17-6-3-2-4-7-17/h2-4,6-7,14H,5,8-13,15H2,1H3,(H,22,23,26). The SMILES string of the molecule is Cc1cc(NC(=O)CN2CCN(C(=O)C3(c4ccccc4)CCC3)CC2)no1. The topological polar surface area (TPSA) is 78.7 Å². The Morgan fingerprint density at radius 3 is 2.43 bits per heavy atom. The number of amides is 2. The molecule has 1 saturated heterocycles. The van der Waals surface area contributed by atoms with Gasteiger partial charge in [-0.05, 0) is 25.3 Å². The molecule has 0 bridgehead atoms. The normalized spacial score (nSPS) is 19.1. The third-order valence-electron chi connectivity index (χ3n) is 5.87. The second kappa shape index (κ2) is 7.75. The Kier molecular flexibility index (Phi) is 5.17. The van der Waals surface area contributed by atoms with Gasteiger partial charge in [0.15, 0.2) is 5.82 Å². The summed E-state index contributed by atoms with van der Waals surface area (Å²) in [7, 11) is 0. The lowest BCUT2D eigenvalue weighted by Crippen LogP contribution is -2.57. The average Bonchev–Trinajstić information content (AvgIpc) is 3.07. The van der Waals surface area contributed by atoms with E-state index in [0.717, 1.165) is 24.8 Å². The number of carbonyl (C=O) groups excluding carboxylic acids is 2. The van der Waals surface area contributed by atoms with Crippen LogP contribution < -0.4 is 5.32 Å². The number of piperazine rings is 1. The van der Waals surface area contributed by atoms with Crippen LogP contribution in [-0.4, -0.2) is 59.5 Å². The molecule has 0 spiro atoms. The van der Waals surface area contributed by atoms with Gasteiger partial charge in [-0.25, -0.2) is 0 Å². The van der Waals surface area contributed by atoms with Crippen molar-refractivity contribution < 1.29 is 14.1 Å². The fraction of sp³-hybridized carbons (Fsp3) is 0.476. The number of anilines is 1. The summed E-state index contributed by atoms with van der Waals surface area (Å²) < 4.78 is 4.96. The van der Waals surface area contributed by atoms with E-state index in [2.05, 4.69) is 27.5 Å². The summed E-state index contributed by atoms with van der Waals surface area (Å²) in [6.45, 7) is 4.78. The highest BCUT2D eigenvalue weighted by Crippen LogP contribution is 2.45. The van der Waals surface area contributed by atoms with Gasteiger partial charge in [-0.3, -0.25) is 14.5 Å². The lowest BCUT2D eigenvalue weighted by molar-refractivity contribution is -0.142. The van der Waals surface area contributed by atoms with Crippen molar-refractivity contribution in [1.29, 1.82) is 0 Å². The quantitative estimate of drug-likeness (QED) is 0.858. The fourth-order valence-corrected chi connectivity index (χ4v) is 4.14. The zero-order valence-electron chi connectivity index (χ0n) is 16.2. The zero-order valence-corrected chi connectivity index (χ0v) is 16.2. The van der Waals surface area contributed by atoms with Crippen molar-refractivity contribution in [3.63, 3.8) is 0 Å². The predicted octanol–water partition coefficient (Wildman–Crippen LogP) is 2.19. The van der Waals surface area contributed by atoms with E-state index in [4.69, 9.17) is 4.52 Å². The van der Waals surface area contributed by atoms with Crippen LogP contribution in [0.1, 0.15) is 30.6 Å². The molecule has 0 unspecified atom stereocenters. The van der Waals surface area contributed by atoms with Crippen LogP contribution in [0.15, 0.2) is 40.9 Å². The Hall–Kier alpha value is -2.67. The molecule has 0 atom stereocenters. The van der Waals surface area contributed by atoms with Crippen LogP contribution >= 0.6 is 0 Å². The van der Waals surface area contributed by atoms with E-state index < -0.39 is 0 Å². The smallest absolute Gasteiger partial charge is 0.239 e. The minimum absolute atomic E-state index is 0.118. The number of benzene rings is 1. The number of nitrogens with zero attached hydrogens (tertiary/aromatic N) is 3. The third-order valence-corrected chi connectivity index (χ3v) is 5.87. The Balaban J connectivity index is 1.31. The van der Waals surface area contributed by atoms with E-state index in [9.17, 15) is 9.59 Å². The van der Waals surface area contributed by atoms with Crippen molar-refractivity contribution in [2.45, 2.75) is 31.6 Å². The van der Waals surface area contributed by atoms with Gasteiger partial charge in [0.05, 0.1) is 12.0 Å². The maximum atomic E-state index is 13.3. The number of hydrogen-bond donors (Lipinski definition) is 1. The van der Waals surface area contributed by atoms with Crippen molar-refractivity contribution >= 4 is 17.6 Å². The zero-order chi connectivity index (χ0) is 19.6. The Morgan fingerprint density at radius 2 is 1.86 bits per heavy atom. The highest BCUT2D eigenvalue weighted by Gasteiger charge is 2.47. The molecule has 2 aromatic rings. The summed E-state index contributed by atoms with van der Waals surface area (Å²) in [6, 6.07) is 11.8. The maximum Gasteiger partial charge on any atom is 0.239 e. The molecule has 1 N–H and O–H groups in total. The molecule has 0 radical (unpaired) electrons. The van der Waals surface area contributed by atoms with Crippen LogP contribution in [0, 0.1) is 6.92 Å². The molecule has 7 nitrogen and oxygen atoms in total. The minimum atomic E-state index is -0.342. The van der Waals surface area contributed by atoms with E-state index >= 15 is 0 Å². The molecule has 7 heteroatoms. The van der Waals surface area contributed by atoms with Crippen molar-refractivity contribution in [3.8, 4) is 0 Å². The molecular weight excluding hydrogens is 356 g/mol. The van der Waals surface area contributed by atoms with E-state index in [-0.39, 0.29) is 23.8 Å². The number of aryl methyl sites for hydroxylation is 1. The van der Waals surface area contributed by atoms with Crippen LogP contribution in [0.4, 0.5) is 5.82 Å². The van der Waals surface area contributed by atoms with Gasteiger partial charge < -0.3 is 14.7 Å². The van der Waals surface area contributed by atoms with E-state index in [1.807, 2.05) is 23.1 Å². The first-order valence-electron chi connectivity index (χ1n) is 9.87. The number of nitrogens with one attached hydrogen (secondary N) is 1. The van der Waals surface area contributed by atoms with Gasteiger partial charge in [-0.1, -0.05) is 41.9 Å². The average molecular weight is 382 g/mol. The molecule has 1 aromatic heterocycles. The number of aromatic nitrogens is 1. The molecule has 1 saturated carbocycles. The first kappa shape index (κ1) is 18.7. The van der Waals surface area contributed by atoms with Crippen molar-refractivity contribution in [1.82, 2.24) is 15.0 Å². The van der Waals surface area contributed by atoms with Crippen molar-refractivity contribution in [3.05, 3.63) is 47.7 Å². The molecule has 28 heavy (non-hydrogen) atoms. The van der Waals surface area contributed by atoms with Gasteiger partial charge in [0.2, 0.25) is 11.8 Å². The summed E-state index contributed by atoms with van der Waals surface area (Å²) in [5.74, 6) is 1.22. The van der Waals surface area contributed by atoms with Gasteiger partial charge >= 0.3 is 0 Å². The Bertz CT molecular complexity index is 836. The first-order valence-corrected chi connectivity index (χ1v) is 9.87. The monoisotopic (exact) mass is 382 g/mol. The van der Waals surface area contributed by atoms with Crippen LogP contribution in [0.3, 0.4) is 0 Å². The van der Waals surface area contributed by atoms with Crippen LogP contribution in [0.2, 0.25) is 0 Å². The molecule has 2 amide bonds. The van der Waals surface area contributed by atoms with Crippen LogP contribution in [0.5, 0.6) is 0 Å². The molecule has 2 aliphatic rings. The predicted molar refractivity (Wildman–Crippen MR) is 105 cm³/mol. The fourth-order valence-electron chi connectivity index (χ4n) is 4.14. The van der Waals surface area contributed by atoms with Crippen LogP contribution in [0.25, 0.3) is 0 Å². The first-order chi connectivity index (χ1) is 13.6. The van der Waals surface area contributed by atoms with Gasteiger partial charge in [0, 0.05) is 32.2 Å². The highest BCUT2D eigenvalue weighted by molar-refractivity contribution is 5.91. The van der Waals surface area contributed by atoms with Gasteiger partial charge in [0.1, 0.15) is 5.76 Å². The van der Waals surface area contributed by atoms with Gasteiger partial charge in [0.25, 0.3) is 0 Å². The second-order valence-corrected chi connectivity index (χ2v) is 7.74. The molecule has 4 rings (SSSR count). The molecular formula is C21H26N4O3. The van der Waals surface area contributed by atoms with E-state index in [1.165, 1.54) is 0 Å². The molecule has 1 aromatic carbocycles. The van der Waals surface area contributed by atoms with Crippen LogP contribution in [-0.2, 0) is 15.0 Å². The van der Waals surface area contributed by atoms with E-state index in [1.54, 1.807) is 13.0 Å². The highest BCUT2D eigenvalue weighted by atomic mass is 16.5. The summed E-state index contributed by atoms with van der Waals surface area (Å²) in [4.78, 5) is 29.5. The number of rotatable bonds is 5. The minimum Gasteiger partial charge on any atom is -0.360 e. The maximum absolute atomic E-state index is 13.3. The molecule has 2 fully saturated rings. The Labute approximate surface area is 164 Å². The molecule has 1 aliphatic carbocycles. The summed E-state index contributed by atoms with van der Waals surface area (Å²) in [5.41, 5.74) is 0.794. The molecule has 1 aliphatic heterocycles. The molecule has 148 valence electrons. The van der Waals surface area contributed by atoms with Gasteiger partial charge in [-0.15, -0.1) is 0 Å². The Morgan fingerprint density at radius 1 is 1.14 bits per heavy atom. The summed E-state index contributed by atoms with van der Waals surface area (Å²) in [6.07, 6.45) is 2.95. The second-order valence-electron chi connectivity index (χ2n) is 7.74. The lowest BCUT2D eigenvalue weighted by atomic mass is 9.63.